The number of nitrogens with one attached hydrogen (secondary N) is 2. The Morgan fingerprint density at radius 2 is 1.87 bits per heavy atom. The predicted molar refractivity (Wildman–Crippen MR) is 112 cm³/mol. The van der Waals surface area contributed by atoms with Crippen LogP contribution in [0.1, 0.15) is 28.4 Å². The van der Waals surface area contributed by atoms with E-state index in [0.717, 1.165) is 4.90 Å². The Morgan fingerprint density at radius 3 is 2.47 bits per heavy atom. The van der Waals surface area contributed by atoms with E-state index in [1.165, 1.54) is 21.3 Å². The van der Waals surface area contributed by atoms with Gasteiger partial charge in [-0.25, -0.2) is 0 Å². The van der Waals surface area contributed by atoms with Crippen LogP contribution in [0.4, 0.5) is 5.69 Å². The van der Waals surface area contributed by atoms with E-state index in [1.54, 1.807) is 42.1 Å². The molecule has 156 valence electrons. The van der Waals surface area contributed by atoms with Crippen LogP contribution < -0.4 is 24.8 Å². The smallest absolute Gasteiger partial charge is 0.252 e. The lowest BCUT2D eigenvalue weighted by molar-refractivity contribution is -0.115. The van der Waals surface area contributed by atoms with Crippen LogP contribution >= 0.6 is 11.8 Å². The third kappa shape index (κ3) is 4.44. The van der Waals surface area contributed by atoms with Crippen molar-refractivity contribution in [2.75, 3.05) is 32.4 Å². The zero-order valence-corrected chi connectivity index (χ0v) is 17.6. The van der Waals surface area contributed by atoms with E-state index in [4.69, 9.17) is 14.2 Å². The highest BCUT2D eigenvalue weighted by Gasteiger charge is 2.22. The number of thioether (sulfide) groups is 1. The Labute approximate surface area is 178 Å². The lowest BCUT2D eigenvalue weighted by atomic mass is 10.1. The van der Waals surface area contributed by atoms with E-state index < -0.39 is 11.9 Å². The molecule has 0 aromatic heterocycles. The van der Waals surface area contributed by atoms with Gasteiger partial charge in [-0.15, -0.1) is 11.8 Å². The van der Waals surface area contributed by atoms with E-state index >= 15 is 0 Å². The normalized spacial score (nSPS) is 13.7. The van der Waals surface area contributed by atoms with Gasteiger partial charge in [0, 0.05) is 22.6 Å². The molecule has 2 aromatic carbocycles. The first kappa shape index (κ1) is 21.3. The van der Waals surface area contributed by atoms with E-state index in [-0.39, 0.29) is 5.91 Å². The van der Waals surface area contributed by atoms with Gasteiger partial charge in [-0.2, -0.15) is 5.26 Å². The van der Waals surface area contributed by atoms with Crippen LogP contribution in [-0.4, -0.2) is 38.9 Å². The molecule has 8 nitrogen and oxygen atoms in total. The molecule has 0 fully saturated rings. The summed E-state index contributed by atoms with van der Waals surface area (Å²) in [6, 6.07) is 9.44. The molecule has 0 aliphatic carbocycles. The average Bonchev–Trinajstić information content (AvgIpc) is 2.95. The average molecular weight is 427 g/mol. The van der Waals surface area contributed by atoms with Crippen LogP contribution in [0.15, 0.2) is 35.2 Å². The van der Waals surface area contributed by atoms with Crippen molar-refractivity contribution in [2.24, 2.45) is 0 Å². The van der Waals surface area contributed by atoms with Crippen molar-refractivity contribution in [1.29, 1.82) is 5.26 Å². The number of anilines is 1. The minimum Gasteiger partial charge on any atom is -0.493 e. The minimum atomic E-state index is -0.950. The molecule has 1 atom stereocenters. The Morgan fingerprint density at radius 1 is 1.17 bits per heavy atom. The van der Waals surface area contributed by atoms with Crippen molar-refractivity contribution >= 4 is 29.3 Å². The largest absolute Gasteiger partial charge is 0.493 e. The first-order valence-corrected chi connectivity index (χ1v) is 10.1. The molecule has 2 N–H and O–H groups in total. The zero-order chi connectivity index (χ0) is 21.7. The van der Waals surface area contributed by atoms with Gasteiger partial charge >= 0.3 is 0 Å². The van der Waals surface area contributed by atoms with Gasteiger partial charge in [0.2, 0.25) is 11.7 Å². The summed E-state index contributed by atoms with van der Waals surface area (Å²) in [6.07, 6.45) is 0.415. The van der Waals surface area contributed by atoms with E-state index in [9.17, 15) is 14.9 Å². The number of nitriles is 1. The molecular weight excluding hydrogens is 406 g/mol. The Bertz CT molecular complexity index is 993. The van der Waals surface area contributed by atoms with Gasteiger partial charge in [0.1, 0.15) is 6.04 Å². The van der Waals surface area contributed by atoms with E-state index in [1.807, 2.05) is 0 Å². The third-order valence-electron chi connectivity index (χ3n) is 4.53. The van der Waals surface area contributed by atoms with Gasteiger partial charge in [-0.1, -0.05) is 0 Å². The number of fused-ring (bicyclic) bond motifs is 1. The molecule has 1 aliphatic heterocycles. The first-order valence-electron chi connectivity index (χ1n) is 9.07. The summed E-state index contributed by atoms with van der Waals surface area (Å²) in [4.78, 5) is 25.5. The van der Waals surface area contributed by atoms with Crippen molar-refractivity contribution in [3.05, 3.63) is 41.5 Å². The van der Waals surface area contributed by atoms with Crippen LogP contribution in [0.2, 0.25) is 0 Å². The second kappa shape index (κ2) is 9.41. The summed E-state index contributed by atoms with van der Waals surface area (Å²) in [7, 11) is 4.44. The molecule has 30 heavy (non-hydrogen) atoms. The molecule has 2 aromatic rings. The van der Waals surface area contributed by atoms with E-state index in [2.05, 4.69) is 16.7 Å². The Kier molecular flexibility index (Phi) is 6.69. The summed E-state index contributed by atoms with van der Waals surface area (Å²) in [6.45, 7) is 0. The molecule has 3 rings (SSSR count). The van der Waals surface area contributed by atoms with Crippen molar-refractivity contribution < 1.29 is 23.8 Å². The second-order valence-corrected chi connectivity index (χ2v) is 7.49. The summed E-state index contributed by atoms with van der Waals surface area (Å²) < 4.78 is 15.9. The molecule has 9 heteroatoms. The van der Waals surface area contributed by atoms with Gasteiger partial charge in [-0.05, 0) is 35.9 Å². The molecule has 0 saturated carbocycles. The standard InChI is InChI=1S/C21H21N3O5S/c1-27-16-9-13(10-17(28-2)20(16)29-3)15(11-22)24-21(26)12-4-5-18-14(8-12)23-19(25)6-7-30-18/h4-5,8-10,15H,6-7H2,1-3H3,(H,23,25)(H,24,26). The summed E-state index contributed by atoms with van der Waals surface area (Å²) in [5, 5.41) is 15.2. The fourth-order valence-electron chi connectivity index (χ4n) is 3.03. The van der Waals surface area contributed by atoms with Crippen molar-refractivity contribution in [1.82, 2.24) is 5.32 Å². The highest BCUT2D eigenvalue weighted by atomic mass is 32.2. The molecule has 1 aliphatic rings. The fourth-order valence-corrected chi connectivity index (χ4v) is 3.97. The van der Waals surface area contributed by atoms with Crippen molar-refractivity contribution in [3.8, 4) is 23.3 Å². The monoisotopic (exact) mass is 427 g/mol. The molecule has 0 spiro atoms. The van der Waals surface area contributed by atoms with Crippen LogP contribution in [0.25, 0.3) is 0 Å². The van der Waals surface area contributed by atoms with Crippen molar-refractivity contribution in [2.45, 2.75) is 17.4 Å². The minimum absolute atomic E-state index is 0.0915. The molecule has 1 unspecified atom stereocenters. The number of rotatable bonds is 6. The lowest BCUT2D eigenvalue weighted by Crippen LogP contribution is -2.27. The van der Waals surface area contributed by atoms with Crippen LogP contribution in [0, 0.1) is 11.3 Å². The number of ether oxygens (including phenoxy) is 3. The molecular formula is C21H21N3O5S. The zero-order valence-electron chi connectivity index (χ0n) is 16.8. The fraction of sp³-hybridized carbons (Fsp3) is 0.286. The second-order valence-electron chi connectivity index (χ2n) is 6.35. The number of benzene rings is 2. The topological polar surface area (TPSA) is 110 Å². The Balaban J connectivity index is 1.87. The Hall–Kier alpha value is -3.38. The molecule has 0 radical (unpaired) electrons. The number of hydrogen-bond donors (Lipinski definition) is 2. The maximum Gasteiger partial charge on any atom is 0.252 e. The predicted octanol–water partition coefficient (Wildman–Crippen LogP) is 3.14. The lowest BCUT2D eigenvalue weighted by Gasteiger charge is -2.17. The molecule has 1 heterocycles. The highest BCUT2D eigenvalue weighted by molar-refractivity contribution is 7.99. The number of amides is 2. The van der Waals surface area contributed by atoms with Crippen LogP contribution in [0.5, 0.6) is 17.2 Å². The third-order valence-corrected chi connectivity index (χ3v) is 5.60. The van der Waals surface area contributed by atoms with Crippen LogP contribution in [0.3, 0.4) is 0 Å². The van der Waals surface area contributed by atoms with E-state index in [0.29, 0.717) is 46.2 Å². The molecule has 0 bridgehead atoms. The van der Waals surface area contributed by atoms with Gasteiger partial charge < -0.3 is 24.8 Å². The van der Waals surface area contributed by atoms with Gasteiger partial charge in [0.05, 0.1) is 33.1 Å². The van der Waals surface area contributed by atoms with Gasteiger partial charge in [0.25, 0.3) is 5.91 Å². The number of methoxy groups -OCH3 is 3. The maximum atomic E-state index is 12.8. The van der Waals surface area contributed by atoms with Gasteiger partial charge in [-0.3, -0.25) is 9.59 Å². The van der Waals surface area contributed by atoms with Crippen LogP contribution in [-0.2, 0) is 4.79 Å². The quantitative estimate of drug-likeness (QED) is 0.729. The first-order chi connectivity index (χ1) is 14.5. The number of hydrogen-bond acceptors (Lipinski definition) is 7. The maximum absolute atomic E-state index is 12.8. The molecule has 0 saturated heterocycles. The number of carbonyl (C=O) groups excluding carboxylic acids is 2. The number of carbonyl (C=O) groups is 2. The van der Waals surface area contributed by atoms with Gasteiger partial charge in [0.15, 0.2) is 11.5 Å². The summed E-state index contributed by atoms with van der Waals surface area (Å²) in [5.74, 6) is 1.30. The number of nitrogens with zero attached hydrogens (tertiary/aromatic N) is 1. The SMILES string of the molecule is COc1cc(C(C#N)NC(=O)c2ccc3c(c2)NC(=O)CCS3)cc(OC)c1OC. The highest BCUT2D eigenvalue weighted by Crippen LogP contribution is 2.39. The summed E-state index contributed by atoms with van der Waals surface area (Å²) in [5.41, 5.74) is 1.42. The van der Waals surface area contributed by atoms with Crippen molar-refractivity contribution in [3.63, 3.8) is 0 Å². The molecule has 2 amide bonds. The summed E-state index contributed by atoms with van der Waals surface area (Å²) >= 11 is 1.55.